The molecule has 23 heavy (non-hydrogen) atoms. The third-order valence-electron chi connectivity index (χ3n) is 3.09. The molecule has 1 amide bonds. The van der Waals surface area contributed by atoms with Gasteiger partial charge in [0.25, 0.3) is 0 Å². The maximum Gasteiger partial charge on any atom is 0.226 e. The highest BCUT2D eigenvalue weighted by molar-refractivity contribution is 5.89. The molecule has 0 unspecified atom stereocenters. The van der Waals surface area contributed by atoms with Gasteiger partial charge in [-0.3, -0.25) is 9.89 Å². The van der Waals surface area contributed by atoms with Gasteiger partial charge in [0.1, 0.15) is 17.5 Å². The predicted molar refractivity (Wildman–Crippen MR) is 77.4 cm³/mol. The number of halogens is 2. The van der Waals surface area contributed by atoms with Gasteiger partial charge in [-0.15, -0.1) is 0 Å². The lowest BCUT2D eigenvalue weighted by Crippen LogP contribution is -2.12. The minimum absolute atomic E-state index is 0.118. The monoisotopic (exact) mass is 318 g/mol. The number of carbonyl (C=O) groups is 1. The van der Waals surface area contributed by atoms with Crippen LogP contribution in [0.15, 0.2) is 41.1 Å². The van der Waals surface area contributed by atoms with E-state index in [4.69, 9.17) is 4.42 Å². The second-order valence-corrected chi connectivity index (χ2v) is 4.76. The molecule has 3 rings (SSSR count). The van der Waals surface area contributed by atoms with Crippen LogP contribution in [0.25, 0.3) is 11.3 Å². The zero-order chi connectivity index (χ0) is 16.2. The summed E-state index contributed by atoms with van der Waals surface area (Å²) in [5.41, 5.74) is 0.118. The van der Waals surface area contributed by atoms with Gasteiger partial charge in [0.2, 0.25) is 5.91 Å². The van der Waals surface area contributed by atoms with Crippen molar-refractivity contribution in [3.8, 4) is 11.3 Å². The second-order valence-electron chi connectivity index (χ2n) is 4.76. The number of aromatic nitrogens is 3. The lowest BCUT2D eigenvalue weighted by Gasteiger charge is -2.01. The van der Waals surface area contributed by atoms with E-state index in [1.807, 2.05) is 0 Å². The molecule has 1 aromatic carbocycles. The summed E-state index contributed by atoms with van der Waals surface area (Å²) < 4.78 is 32.0. The number of hydrogen-bond acceptors (Lipinski definition) is 4. The summed E-state index contributed by atoms with van der Waals surface area (Å²) in [5, 5.41) is 8.94. The van der Waals surface area contributed by atoms with Gasteiger partial charge in [-0.2, -0.15) is 5.10 Å². The van der Waals surface area contributed by atoms with Crippen molar-refractivity contribution < 1.29 is 18.0 Å². The summed E-state index contributed by atoms with van der Waals surface area (Å²) in [6.07, 6.45) is 3.26. The predicted octanol–water partition coefficient (Wildman–Crippen LogP) is 2.91. The van der Waals surface area contributed by atoms with Crippen molar-refractivity contribution in [1.82, 2.24) is 15.2 Å². The Morgan fingerprint density at radius 2 is 2.17 bits per heavy atom. The van der Waals surface area contributed by atoms with Gasteiger partial charge in [-0.25, -0.2) is 13.8 Å². The van der Waals surface area contributed by atoms with Crippen molar-refractivity contribution in [2.75, 3.05) is 5.32 Å². The number of carbonyl (C=O) groups excluding carboxylic acids is 1. The molecule has 3 aromatic rings. The molecule has 0 bridgehead atoms. The van der Waals surface area contributed by atoms with E-state index in [-0.39, 0.29) is 30.1 Å². The molecule has 0 saturated heterocycles. The fraction of sp³-hybridized carbons (Fsp3) is 0.133. The highest BCUT2D eigenvalue weighted by Gasteiger charge is 2.13. The van der Waals surface area contributed by atoms with Gasteiger partial charge >= 0.3 is 0 Å². The third-order valence-corrected chi connectivity index (χ3v) is 3.09. The number of aryl methyl sites for hydroxylation is 1. The Balaban J connectivity index is 1.62. The Bertz CT molecular complexity index is 815. The molecule has 0 fully saturated rings. The number of hydrogen-bond donors (Lipinski definition) is 2. The molecule has 0 saturated carbocycles. The summed E-state index contributed by atoms with van der Waals surface area (Å²) in [7, 11) is 0. The molecule has 0 aliphatic rings. The Morgan fingerprint density at radius 1 is 1.30 bits per heavy atom. The topological polar surface area (TPSA) is 83.8 Å². The first-order valence-corrected chi connectivity index (χ1v) is 6.81. The molecule has 0 aliphatic carbocycles. The smallest absolute Gasteiger partial charge is 0.226 e. The lowest BCUT2D eigenvalue weighted by molar-refractivity contribution is -0.116. The summed E-state index contributed by atoms with van der Waals surface area (Å²) in [6, 6.07) is 4.81. The van der Waals surface area contributed by atoms with Crippen molar-refractivity contribution in [2.24, 2.45) is 0 Å². The minimum Gasteiger partial charge on any atom is -0.441 e. The number of aromatic amines is 1. The van der Waals surface area contributed by atoms with E-state index in [1.165, 1.54) is 18.5 Å². The lowest BCUT2D eigenvalue weighted by atomic mass is 10.2. The van der Waals surface area contributed by atoms with Gasteiger partial charge < -0.3 is 9.73 Å². The number of benzene rings is 1. The number of oxazole rings is 1. The van der Waals surface area contributed by atoms with Crippen molar-refractivity contribution >= 4 is 11.7 Å². The number of nitrogens with one attached hydrogen (secondary N) is 2. The molecule has 0 spiro atoms. The zero-order valence-electron chi connectivity index (χ0n) is 11.8. The van der Waals surface area contributed by atoms with Crippen LogP contribution in [0.4, 0.5) is 14.6 Å². The number of rotatable bonds is 5. The van der Waals surface area contributed by atoms with Crippen LogP contribution in [0.3, 0.4) is 0 Å². The number of anilines is 1. The van der Waals surface area contributed by atoms with Gasteiger partial charge in [0.15, 0.2) is 11.7 Å². The molecule has 2 heterocycles. The first-order chi connectivity index (χ1) is 11.1. The summed E-state index contributed by atoms with van der Waals surface area (Å²) >= 11 is 0. The van der Waals surface area contributed by atoms with E-state index in [0.29, 0.717) is 11.7 Å². The maximum atomic E-state index is 13.7. The average Bonchev–Trinajstić information content (AvgIpc) is 3.17. The molecule has 118 valence electrons. The van der Waals surface area contributed by atoms with Crippen LogP contribution >= 0.6 is 0 Å². The number of nitrogens with zero attached hydrogens (tertiary/aromatic N) is 2. The summed E-state index contributed by atoms with van der Waals surface area (Å²) in [4.78, 5) is 15.7. The number of H-pyrrole nitrogens is 1. The minimum atomic E-state index is -0.732. The van der Waals surface area contributed by atoms with Crippen LogP contribution in [0.5, 0.6) is 0 Å². The number of amides is 1. The van der Waals surface area contributed by atoms with E-state index < -0.39 is 11.6 Å². The largest absolute Gasteiger partial charge is 0.441 e. The summed E-state index contributed by atoms with van der Waals surface area (Å²) in [6.45, 7) is 0. The average molecular weight is 318 g/mol. The van der Waals surface area contributed by atoms with Crippen LogP contribution in [0, 0.1) is 11.6 Å². The van der Waals surface area contributed by atoms with Crippen LogP contribution < -0.4 is 5.32 Å². The Labute approximate surface area is 129 Å². The molecule has 6 nitrogen and oxygen atoms in total. The Morgan fingerprint density at radius 3 is 2.91 bits per heavy atom. The zero-order valence-corrected chi connectivity index (χ0v) is 11.8. The Kier molecular flexibility index (Phi) is 4.13. The highest BCUT2D eigenvalue weighted by Crippen LogP contribution is 2.24. The molecule has 0 aliphatic heterocycles. The van der Waals surface area contributed by atoms with E-state index in [0.717, 1.165) is 12.1 Å². The molecule has 2 N–H and O–H groups in total. The van der Waals surface area contributed by atoms with Crippen molar-refractivity contribution in [3.05, 3.63) is 54.2 Å². The fourth-order valence-corrected chi connectivity index (χ4v) is 2.00. The highest BCUT2D eigenvalue weighted by atomic mass is 19.1. The van der Waals surface area contributed by atoms with E-state index in [1.54, 1.807) is 6.07 Å². The maximum absolute atomic E-state index is 13.7. The van der Waals surface area contributed by atoms with E-state index in [2.05, 4.69) is 20.5 Å². The molecular weight excluding hydrogens is 306 g/mol. The van der Waals surface area contributed by atoms with Crippen LogP contribution in [-0.2, 0) is 11.2 Å². The van der Waals surface area contributed by atoms with Gasteiger partial charge in [-0.05, 0) is 12.1 Å². The Hall–Kier alpha value is -3.03. The van der Waals surface area contributed by atoms with Crippen LogP contribution in [-0.4, -0.2) is 21.1 Å². The first-order valence-electron chi connectivity index (χ1n) is 6.81. The van der Waals surface area contributed by atoms with Crippen molar-refractivity contribution in [1.29, 1.82) is 0 Å². The van der Waals surface area contributed by atoms with E-state index in [9.17, 15) is 13.6 Å². The fourth-order valence-electron chi connectivity index (χ4n) is 2.00. The quantitative estimate of drug-likeness (QED) is 0.757. The van der Waals surface area contributed by atoms with Gasteiger partial charge in [0, 0.05) is 25.0 Å². The second kappa shape index (κ2) is 6.39. The van der Waals surface area contributed by atoms with Crippen molar-refractivity contribution in [3.63, 3.8) is 0 Å². The molecular formula is C15H12F2N4O2. The first kappa shape index (κ1) is 14.9. The SMILES string of the molecule is O=C(CCc1ncc(-c2ccc(F)cc2F)o1)Nc1ccn[nH]1. The third kappa shape index (κ3) is 3.60. The molecule has 2 aromatic heterocycles. The van der Waals surface area contributed by atoms with Gasteiger partial charge in [-0.1, -0.05) is 0 Å². The van der Waals surface area contributed by atoms with Crippen molar-refractivity contribution in [2.45, 2.75) is 12.8 Å². The van der Waals surface area contributed by atoms with E-state index >= 15 is 0 Å². The molecule has 0 atom stereocenters. The molecule has 8 heteroatoms. The van der Waals surface area contributed by atoms with Crippen LogP contribution in [0.1, 0.15) is 12.3 Å². The van der Waals surface area contributed by atoms with Crippen LogP contribution in [0.2, 0.25) is 0 Å². The standard InChI is InChI=1S/C15H12F2N4O2/c16-9-1-2-10(11(17)7-9)12-8-18-15(23-12)4-3-14(22)20-13-5-6-19-21-13/h1-2,5-8H,3-4H2,(H2,19,20,21,22). The normalized spacial score (nSPS) is 10.7. The van der Waals surface area contributed by atoms with Gasteiger partial charge in [0.05, 0.1) is 18.0 Å². The molecule has 0 radical (unpaired) electrons. The summed E-state index contributed by atoms with van der Waals surface area (Å²) in [5.74, 6) is -0.653.